The Kier molecular flexibility index (Phi) is 20.6. The van der Waals surface area contributed by atoms with Crippen LogP contribution in [0.4, 0.5) is 0 Å². The Morgan fingerprint density at radius 3 is 1.46 bits per heavy atom. The zero-order chi connectivity index (χ0) is 17.7. The monoisotopic (exact) mass is 336 g/mol. The number of unbranched alkanes of at least 4 members (excludes halogenated alkanes) is 13. The lowest BCUT2D eigenvalue weighted by Crippen LogP contribution is -1.94. The maximum atomic E-state index is 2.44. The standard InChI is InChI=1S/C24H48/c1-4-6-8-9-10-11-12-13-14-15-16-17-18-19-20-21-23-24(3)22-7-5-2/h13-14,24H,4-12,15-23H2,1-3H3. The van der Waals surface area contributed by atoms with Gasteiger partial charge in [0.25, 0.3) is 0 Å². The molecular weight excluding hydrogens is 288 g/mol. The molecule has 0 fully saturated rings. The quantitative estimate of drug-likeness (QED) is 0.163. The van der Waals surface area contributed by atoms with E-state index in [2.05, 4.69) is 32.9 Å². The van der Waals surface area contributed by atoms with Crippen LogP contribution >= 0.6 is 0 Å². The van der Waals surface area contributed by atoms with Gasteiger partial charge in [0, 0.05) is 0 Å². The van der Waals surface area contributed by atoms with Crippen molar-refractivity contribution in [1.29, 1.82) is 0 Å². The predicted octanol–water partition coefficient (Wildman–Crippen LogP) is 9.24. The van der Waals surface area contributed by atoms with E-state index in [9.17, 15) is 0 Å². The molecule has 0 amide bonds. The molecule has 0 saturated carbocycles. The van der Waals surface area contributed by atoms with Crippen LogP contribution in [0.15, 0.2) is 12.2 Å². The number of rotatable bonds is 19. The van der Waals surface area contributed by atoms with Gasteiger partial charge in [0.1, 0.15) is 0 Å². The highest BCUT2D eigenvalue weighted by molar-refractivity contribution is 4.81. The molecule has 0 aromatic carbocycles. The molecule has 1 unspecified atom stereocenters. The first-order valence-corrected chi connectivity index (χ1v) is 11.5. The third kappa shape index (κ3) is 19.8. The lowest BCUT2D eigenvalue weighted by Gasteiger charge is -2.09. The molecule has 0 radical (unpaired) electrons. The van der Waals surface area contributed by atoms with Gasteiger partial charge in [-0.25, -0.2) is 0 Å². The summed E-state index contributed by atoms with van der Waals surface area (Å²) >= 11 is 0. The molecule has 0 N–H and O–H groups in total. The molecule has 0 spiro atoms. The summed E-state index contributed by atoms with van der Waals surface area (Å²) in [6.07, 6.45) is 30.3. The zero-order valence-electron chi connectivity index (χ0n) is 17.5. The van der Waals surface area contributed by atoms with E-state index in [-0.39, 0.29) is 0 Å². The summed E-state index contributed by atoms with van der Waals surface area (Å²) in [4.78, 5) is 0. The minimum Gasteiger partial charge on any atom is -0.0885 e. The van der Waals surface area contributed by atoms with Gasteiger partial charge in [-0.3, -0.25) is 0 Å². The van der Waals surface area contributed by atoms with E-state index in [0.29, 0.717) is 0 Å². The van der Waals surface area contributed by atoms with Crippen LogP contribution in [0.1, 0.15) is 136 Å². The second-order valence-corrected chi connectivity index (χ2v) is 7.97. The Bertz CT molecular complexity index is 240. The van der Waals surface area contributed by atoms with Crippen molar-refractivity contribution in [3.05, 3.63) is 12.2 Å². The van der Waals surface area contributed by atoms with E-state index in [0.717, 1.165) is 5.92 Å². The molecule has 0 aliphatic carbocycles. The van der Waals surface area contributed by atoms with Crippen molar-refractivity contribution in [2.75, 3.05) is 0 Å². The van der Waals surface area contributed by atoms with Gasteiger partial charge in [-0.2, -0.15) is 0 Å². The molecule has 0 nitrogen and oxygen atoms in total. The molecule has 0 bridgehead atoms. The first kappa shape index (κ1) is 23.7. The first-order valence-electron chi connectivity index (χ1n) is 11.5. The molecule has 0 aromatic rings. The third-order valence-electron chi connectivity index (χ3n) is 5.26. The van der Waals surface area contributed by atoms with Crippen LogP contribution in [0.5, 0.6) is 0 Å². The van der Waals surface area contributed by atoms with Gasteiger partial charge in [0.15, 0.2) is 0 Å². The van der Waals surface area contributed by atoms with Gasteiger partial charge < -0.3 is 0 Å². The topological polar surface area (TPSA) is 0 Å². The van der Waals surface area contributed by atoms with Crippen LogP contribution in [-0.2, 0) is 0 Å². The van der Waals surface area contributed by atoms with E-state index in [4.69, 9.17) is 0 Å². The van der Waals surface area contributed by atoms with E-state index in [1.807, 2.05) is 0 Å². The summed E-state index contributed by atoms with van der Waals surface area (Å²) in [7, 11) is 0. The Morgan fingerprint density at radius 1 is 0.500 bits per heavy atom. The van der Waals surface area contributed by atoms with E-state index < -0.39 is 0 Å². The van der Waals surface area contributed by atoms with Crippen molar-refractivity contribution in [3.63, 3.8) is 0 Å². The fourth-order valence-electron chi connectivity index (χ4n) is 3.44. The summed E-state index contributed by atoms with van der Waals surface area (Å²) < 4.78 is 0. The lowest BCUT2D eigenvalue weighted by atomic mass is 9.97. The second-order valence-electron chi connectivity index (χ2n) is 7.97. The minimum atomic E-state index is 0.960. The lowest BCUT2D eigenvalue weighted by molar-refractivity contribution is 0.441. The average molecular weight is 337 g/mol. The Hall–Kier alpha value is -0.260. The summed E-state index contributed by atoms with van der Waals surface area (Å²) in [5.41, 5.74) is 0. The Morgan fingerprint density at radius 2 is 0.917 bits per heavy atom. The van der Waals surface area contributed by atoms with Crippen LogP contribution in [0.3, 0.4) is 0 Å². The van der Waals surface area contributed by atoms with Crippen LogP contribution in [0, 0.1) is 5.92 Å². The molecule has 0 aliphatic heterocycles. The molecule has 0 saturated heterocycles. The first-order chi connectivity index (χ1) is 11.8. The van der Waals surface area contributed by atoms with Gasteiger partial charge in [0.2, 0.25) is 0 Å². The average Bonchev–Trinajstić information content (AvgIpc) is 2.59. The SMILES string of the molecule is CCCCCCCCC=CCCCCCCCCC(C)CCCC. The van der Waals surface area contributed by atoms with Gasteiger partial charge in [-0.1, -0.05) is 123 Å². The van der Waals surface area contributed by atoms with E-state index >= 15 is 0 Å². The van der Waals surface area contributed by atoms with Crippen molar-refractivity contribution in [2.45, 2.75) is 136 Å². The fourth-order valence-corrected chi connectivity index (χ4v) is 3.44. The molecule has 0 heteroatoms. The zero-order valence-corrected chi connectivity index (χ0v) is 17.5. The van der Waals surface area contributed by atoms with E-state index in [1.54, 1.807) is 0 Å². The fraction of sp³-hybridized carbons (Fsp3) is 0.917. The van der Waals surface area contributed by atoms with E-state index in [1.165, 1.54) is 116 Å². The molecule has 0 aromatic heterocycles. The normalized spacial score (nSPS) is 13.0. The molecule has 24 heavy (non-hydrogen) atoms. The highest BCUT2D eigenvalue weighted by Gasteiger charge is 2.00. The molecule has 0 aliphatic rings. The van der Waals surface area contributed by atoms with Gasteiger partial charge >= 0.3 is 0 Å². The molecule has 0 heterocycles. The number of allylic oxidation sites excluding steroid dienone is 2. The van der Waals surface area contributed by atoms with Crippen LogP contribution in [0.25, 0.3) is 0 Å². The second kappa shape index (κ2) is 20.8. The smallest absolute Gasteiger partial charge is 0.0351 e. The summed E-state index contributed by atoms with van der Waals surface area (Å²) in [6, 6.07) is 0. The Balaban J connectivity index is 3.12. The molecule has 0 rings (SSSR count). The van der Waals surface area contributed by atoms with Gasteiger partial charge in [-0.15, -0.1) is 0 Å². The number of hydrogen-bond acceptors (Lipinski definition) is 0. The maximum absolute atomic E-state index is 2.44. The predicted molar refractivity (Wildman–Crippen MR) is 113 cm³/mol. The molecular formula is C24H48. The van der Waals surface area contributed by atoms with Crippen LogP contribution < -0.4 is 0 Å². The van der Waals surface area contributed by atoms with Gasteiger partial charge in [0.05, 0.1) is 0 Å². The number of hydrogen-bond donors (Lipinski definition) is 0. The summed E-state index contributed by atoms with van der Waals surface area (Å²) in [5.74, 6) is 0.960. The maximum Gasteiger partial charge on any atom is -0.0351 e. The third-order valence-corrected chi connectivity index (χ3v) is 5.26. The highest BCUT2D eigenvalue weighted by atomic mass is 14.1. The van der Waals surface area contributed by atoms with Crippen molar-refractivity contribution in [2.24, 2.45) is 5.92 Å². The van der Waals surface area contributed by atoms with Crippen molar-refractivity contribution < 1.29 is 0 Å². The van der Waals surface area contributed by atoms with Crippen LogP contribution in [0.2, 0.25) is 0 Å². The summed E-state index contributed by atoms with van der Waals surface area (Å²) in [6.45, 7) is 7.03. The van der Waals surface area contributed by atoms with Crippen molar-refractivity contribution in [1.82, 2.24) is 0 Å². The van der Waals surface area contributed by atoms with Crippen molar-refractivity contribution in [3.8, 4) is 0 Å². The van der Waals surface area contributed by atoms with Gasteiger partial charge in [-0.05, 0) is 31.6 Å². The largest absolute Gasteiger partial charge is 0.0885 e. The summed E-state index contributed by atoms with van der Waals surface area (Å²) in [5, 5.41) is 0. The highest BCUT2D eigenvalue weighted by Crippen LogP contribution is 2.17. The molecule has 144 valence electrons. The van der Waals surface area contributed by atoms with Crippen molar-refractivity contribution >= 4 is 0 Å². The minimum absolute atomic E-state index is 0.960. The molecule has 1 atom stereocenters. The van der Waals surface area contributed by atoms with Crippen LogP contribution in [-0.4, -0.2) is 0 Å². The Labute approximate surface area is 154 Å².